The zero-order valence-corrected chi connectivity index (χ0v) is 12.0. The van der Waals surface area contributed by atoms with Gasteiger partial charge < -0.3 is 4.74 Å². The molecule has 0 aromatic heterocycles. The predicted molar refractivity (Wildman–Crippen MR) is 74.3 cm³/mol. The highest BCUT2D eigenvalue weighted by molar-refractivity contribution is 14.1. The van der Waals surface area contributed by atoms with E-state index in [-0.39, 0.29) is 11.9 Å². The summed E-state index contributed by atoms with van der Waals surface area (Å²) in [5.41, 5.74) is 1.13. The van der Waals surface area contributed by atoms with Crippen molar-refractivity contribution in [2.45, 2.75) is 19.3 Å². The topological polar surface area (TPSA) is 26.3 Å². The van der Waals surface area contributed by atoms with Gasteiger partial charge in [0.05, 0.1) is 13.0 Å². The van der Waals surface area contributed by atoms with Crippen molar-refractivity contribution >= 4 is 40.2 Å². The highest BCUT2D eigenvalue weighted by Crippen LogP contribution is 2.24. The third-order valence-electron chi connectivity index (χ3n) is 2.25. The number of alkyl halides is 1. The predicted octanol–water partition coefficient (Wildman–Crippen LogP) is 3.81. The summed E-state index contributed by atoms with van der Waals surface area (Å²) in [7, 11) is 0. The summed E-state index contributed by atoms with van der Waals surface area (Å²) in [5, 5.41) is 0.715. The molecule has 0 spiro atoms. The van der Waals surface area contributed by atoms with Gasteiger partial charge in [0.25, 0.3) is 0 Å². The Hall–Kier alpha value is -0.290. The molecule has 0 bridgehead atoms. The van der Waals surface area contributed by atoms with Gasteiger partial charge in [-0.25, -0.2) is 0 Å². The van der Waals surface area contributed by atoms with Crippen LogP contribution in [-0.2, 0) is 9.53 Å². The molecule has 1 unspecified atom stereocenters. The minimum absolute atomic E-state index is 0.140. The van der Waals surface area contributed by atoms with Gasteiger partial charge in [0.2, 0.25) is 0 Å². The summed E-state index contributed by atoms with van der Waals surface area (Å²) in [5.74, 6) is 0.0658. The molecule has 0 radical (unpaired) electrons. The molecule has 1 rings (SSSR count). The number of ether oxygens (including phenoxy) is 1. The third kappa shape index (κ3) is 4.29. The Morgan fingerprint density at radius 3 is 2.56 bits per heavy atom. The number of halogens is 2. The Bertz CT molecular complexity index is 337. The van der Waals surface area contributed by atoms with Crippen molar-refractivity contribution in [1.82, 2.24) is 0 Å². The molecule has 88 valence electrons. The Morgan fingerprint density at radius 2 is 2.06 bits per heavy atom. The van der Waals surface area contributed by atoms with Crippen LogP contribution in [0.1, 0.15) is 24.8 Å². The average Bonchev–Trinajstić information content (AvgIpc) is 2.27. The molecule has 1 aromatic rings. The summed E-state index contributed by atoms with van der Waals surface area (Å²) in [4.78, 5) is 11.4. The number of carbonyl (C=O) groups excluding carboxylic acids is 1. The molecule has 0 saturated carbocycles. The van der Waals surface area contributed by atoms with Crippen molar-refractivity contribution in [2.24, 2.45) is 0 Å². The van der Waals surface area contributed by atoms with Gasteiger partial charge in [0, 0.05) is 15.4 Å². The van der Waals surface area contributed by atoms with E-state index in [1.54, 1.807) is 0 Å². The largest absolute Gasteiger partial charge is 0.466 e. The minimum Gasteiger partial charge on any atom is -0.466 e. The highest BCUT2D eigenvalue weighted by Gasteiger charge is 2.15. The fraction of sp³-hybridized carbons (Fsp3) is 0.417. The average molecular weight is 353 g/mol. The van der Waals surface area contributed by atoms with Crippen molar-refractivity contribution in [3.63, 3.8) is 0 Å². The number of benzene rings is 1. The van der Waals surface area contributed by atoms with Crippen molar-refractivity contribution in [3.8, 4) is 0 Å². The lowest BCUT2D eigenvalue weighted by molar-refractivity contribution is -0.143. The summed E-state index contributed by atoms with van der Waals surface area (Å²) in [6, 6.07) is 7.62. The molecular weight excluding hydrogens is 338 g/mol. The second-order valence-electron chi connectivity index (χ2n) is 3.41. The monoisotopic (exact) mass is 352 g/mol. The Labute approximate surface area is 114 Å². The smallest absolute Gasteiger partial charge is 0.306 e. The molecule has 0 fully saturated rings. The zero-order chi connectivity index (χ0) is 12.0. The van der Waals surface area contributed by atoms with Crippen LogP contribution in [0.4, 0.5) is 0 Å². The van der Waals surface area contributed by atoms with Crippen molar-refractivity contribution in [3.05, 3.63) is 34.9 Å². The van der Waals surface area contributed by atoms with Crippen LogP contribution >= 0.6 is 34.2 Å². The first kappa shape index (κ1) is 13.8. The molecule has 0 amide bonds. The van der Waals surface area contributed by atoms with Crippen molar-refractivity contribution < 1.29 is 9.53 Å². The maximum absolute atomic E-state index is 11.4. The van der Waals surface area contributed by atoms with Crippen LogP contribution in [0.25, 0.3) is 0 Å². The number of esters is 1. The fourth-order valence-electron chi connectivity index (χ4n) is 1.42. The maximum Gasteiger partial charge on any atom is 0.306 e. The molecule has 16 heavy (non-hydrogen) atoms. The van der Waals surface area contributed by atoms with Crippen molar-refractivity contribution in [1.29, 1.82) is 0 Å². The van der Waals surface area contributed by atoms with E-state index in [4.69, 9.17) is 16.3 Å². The Kier molecular flexibility index (Phi) is 6.13. The van der Waals surface area contributed by atoms with E-state index in [0.29, 0.717) is 18.1 Å². The van der Waals surface area contributed by atoms with Gasteiger partial charge in [-0.05, 0) is 24.6 Å². The third-order valence-corrected chi connectivity index (χ3v) is 3.56. The lowest BCUT2D eigenvalue weighted by Crippen LogP contribution is -2.11. The Morgan fingerprint density at radius 1 is 1.44 bits per heavy atom. The van der Waals surface area contributed by atoms with Gasteiger partial charge in [-0.1, -0.05) is 46.3 Å². The van der Waals surface area contributed by atoms with E-state index in [1.165, 1.54) is 0 Å². The molecule has 0 heterocycles. The van der Waals surface area contributed by atoms with E-state index in [2.05, 4.69) is 22.6 Å². The van der Waals surface area contributed by atoms with Gasteiger partial charge in [-0.3, -0.25) is 4.79 Å². The lowest BCUT2D eigenvalue weighted by Gasteiger charge is -2.13. The molecule has 0 aliphatic rings. The second kappa shape index (κ2) is 7.12. The van der Waals surface area contributed by atoms with Crippen LogP contribution < -0.4 is 0 Å². The Balaban J connectivity index is 2.67. The maximum atomic E-state index is 11.4. The van der Waals surface area contributed by atoms with Crippen LogP contribution in [0, 0.1) is 0 Å². The van der Waals surface area contributed by atoms with E-state index < -0.39 is 0 Å². The summed E-state index contributed by atoms with van der Waals surface area (Å²) >= 11 is 8.10. The zero-order valence-electron chi connectivity index (χ0n) is 9.08. The summed E-state index contributed by atoms with van der Waals surface area (Å²) in [6.07, 6.45) is 0.429. The first-order valence-electron chi connectivity index (χ1n) is 5.14. The SMILES string of the molecule is CCOC(=O)CC(CI)c1ccc(Cl)cc1. The quantitative estimate of drug-likeness (QED) is 0.457. The number of carbonyl (C=O) groups is 1. The van der Waals surface area contributed by atoms with Crippen LogP contribution in [0.15, 0.2) is 24.3 Å². The van der Waals surface area contributed by atoms with Crippen LogP contribution in [0.3, 0.4) is 0 Å². The van der Waals surface area contributed by atoms with Crippen LogP contribution in [-0.4, -0.2) is 17.0 Å². The highest BCUT2D eigenvalue weighted by atomic mass is 127. The minimum atomic E-state index is -0.140. The van der Waals surface area contributed by atoms with Gasteiger partial charge >= 0.3 is 5.97 Å². The van der Waals surface area contributed by atoms with Crippen molar-refractivity contribution in [2.75, 3.05) is 11.0 Å². The molecule has 2 nitrogen and oxygen atoms in total. The number of rotatable bonds is 5. The van der Waals surface area contributed by atoms with E-state index in [0.717, 1.165) is 9.99 Å². The van der Waals surface area contributed by atoms with E-state index >= 15 is 0 Å². The van der Waals surface area contributed by atoms with Crippen LogP contribution in [0.2, 0.25) is 5.02 Å². The van der Waals surface area contributed by atoms with E-state index in [9.17, 15) is 4.79 Å². The molecule has 0 aliphatic heterocycles. The standard InChI is InChI=1S/C12H14ClIO2/c1-2-16-12(15)7-10(8-14)9-3-5-11(13)6-4-9/h3-6,10H,2,7-8H2,1H3. The van der Waals surface area contributed by atoms with Gasteiger partial charge in [-0.2, -0.15) is 0 Å². The van der Waals surface area contributed by atoms with Gasteiger partial charge in [-0.15, -0.1) is 0 Å². The molecule has 0 aliphatic carbocycles. The lowest BCUT2D eigenvalue weighted by atomic mass is 9.98. The molecular formula is C12H14ClIO2. The molecule has 0 saturated heterocycles. The summed E-state index contributed by atoms with van der Waals surface area (Å²) in [6.45, 7) is 2.26. The molecule has 1 aromatic carbocycles. The normalized spacial score (nSPS) is 12.2. The fourth-order valence-corrected chi connectivity index (χ4v) is 2.36. The van der Waals surface area contributed by atoms with E-state index in [1.807, 2.05) is 31.2 Å². The second-order valence-corrected chi connectivity index (χ2v) is 4.73. The van der Waals surface area contributed by atoms with Gasteiger partial charge in [0.1, 0.15) is 0 Å². The first-order valence-corrected chi connectivity index (χ1v) is 7.04. The van der Waals surface area contributed by atoms with Gasteiger partial charge in [0.15, 0.2) is 0 Å². The first-order chi connectivity index (χ1) is 7.67. The summed E-state index contributed by atoms with van der Waals surface area (Å²) < 4.78 is 5.84. The molecule has 0 N–H and O–H groups in total. The number of hydrogen-bond acceptors (Lipinski definition) is 2. The molecule has 1 atom stereocenters. The molecule has 4 heteroatoms. The van der Waals surface area contributed by atoms with Crippen LogP contribution in [0.5, 0.6) is 0 Å². The number of hydrogen-bond donors (Lipinski definition) is 0.